The van der Waals surface area contributed by atoms with Crippen molar-refractivity contribution in [1.29, 1.82) is 0 Å². The van der Waals surface area contributed by atoms with Crippen LogP contribution in [0.5, 0.6) is 0 Å². The molecule has 0 saturated heterocycles. The van der Waals surface area contributed by atoms with Crippen LogP contribution < -0.4 is 5.73 Å². The Morgan fingerprint density at radius 2 is 1.84 bits per heavy atom. The molecule has 19 heavy (non-hydrogen) atoms. The summed E-state index contributed by atoms with van der Waals surface area (Å²) in [5.74, 6) is 0. The van der Waals surface area contributed by atoms with Crippen LogP contribution in [0.15, 0.2) is 23.1 Å². The second kappa shape index (κ2) is 6.18. The number of nitrogens with two attached hydrogens (primary N) is 1. The van der Waals surface area contributed by atoms with E-state index >= 15 is 0 Å². The molecular weight excluding hydrogens is 271 g/mol. The first-order valence-electron chi connectivity index (χ1n) is 6.57. The van der Waals surface area contributed by atoms with Crippen molar-refractivity contribution in [3.05, 3.63) is 29.3 Å². The molecule has 0 amide bonds. The lowest BCUT2D eigenvalue weighted by Gasteiger charge is -2.23. The van der Waals surface area contributed by atoms with Gasteiger partial charge in [-0.1, -0.05) is 25.3 Å². The molecule has 1 fully saturated rings. The number of hydrogen-bond donors (Lipinski definition) is 1. The van der Waals surface area contributed by atoms with E-state index in [0.717, 1.165) is 25.7 Å². The van der Waals surface area contributed by atoms with Crippen molar-refractivity contribution in [3.8, 4) is 0 Å². The monoisotopic (exact) mass is 289 g/mol. The SMILES string of the molecule is NCc1ccc(SC2CCCCC2)c(C(F)(F)F)c1. The largest absolute Gasteiger partial charge is 0.417 e. The van der Waals surface area contributed by atoms with Crippen LogP contribution >= 0.6 is 11.8 Å². The highest BCUT2D eigenvalue weighted by atomic mass is 32.2. The molecule has 0 radical (unpaired) electrons. The Kier molecular flexibility index (Phi) is 4.79. The minimum atomic E-state index is -4.30. The van der Waals surface area contributed by atoms with E-state index in [-0.39, 0.29) is 6.54 Å². The van der Waals surface area contributed by atoms with Crippen LogP contribution in [0.1, 0.15) is 43.2 Å². The van der Waals surface area contributed by atoms with Crippen molar-refractivity contribution in [2.75, 3.05) is 0 Å². The van der Waals surface area contributed by atoms with Crippen molar-refractivity contribution in [1.82, 2.24) is 0 Å². The van der Waals surface area contributed by atoms with Gasteiger partial charge in [-0.2, -0.15) is 13.2 Å². The molecule has 0 spiro atoms. The summed E-state index contributed by atoms with van der Waals surface area (Å²) in [5, 5.41) is 0.318. The van der Waals surface area contributed by atoms with Crippen LogP contribution in [-0.2, 0) is 12.7 Å². The molecule has 0 atom stereocenters. The summed E-state index contributed by atoms with van der Waals surface area (Å²) in [6, 6.07) is 4.45. The van der Waals surface area contributed by atoms with Gasteiger partial charge in [0.15, 0.2) is 0 Å². The number of benzene rings is 1. The van der Waals surface area contributed by atoms with Gasteiger partial charge in [-0.3, -0.25) is 0 Å². The fraction of sp³-hybridized carbons (Fsp3) is 0.571. The van der Waals surface area contributed by atoms with Gasteiger partial charge < -0.3 is 5.73 Å². The first-order valence-corrected chi connectivity index (χ1v) is 7.45. The standard InChI is InChI=1S/C14H18F3NS/c15-14(16,17)12-8-10(9-18)6-7-13(12)19-11-4-2-1-3-5-11/h6-8,11H,1-5,9,18H2. The minimum Gasteiger partial charge on any atom is -0.326 e. The van der Waals surface area contributed by atoms with E-state index in [1.807, 2.05) is 0 Å². The molecule has 1 aromatic carbocycles. The molecule has 0 aromatic heterocycles. The van der Waals surface area contributed by atoms with Gasteiger partial charge in [-0.15, -0.1) is 11.8 Å². The van der Waals surface area contributed by atoms with Crippen molar-refractivity contribution >= 4 is 11.8 Å². The van der Waals surface area contributed by atoms with Crippen LogP contribution in [0.4, 0.5) is 13.2 Å². The lowest BCUT2D eigenvalue weighted by molar-refractivity contribution is -0.139. The van der Waals surface area contributed by atoms with Gasteiger partial charge in [0.05, 0.1) is 5.56 Å². The van der Waals surface area contributed by atoms with Crippen LogP contribution in [-0.4, -0.2) is 5.25 Å². The third-order valence-corrected chi connectivity index (χ3v) is 4.85. The average Bonchev–Trinajstić information content (AvgIpc) is 2.39. The van der Waals surface area contributed by atoms with Crippen LogP contribution in [0.2, 0.25) is 0 Å². The number of thioether (sulfide) groups is 1. The highest BCUT2D eigenvalue weighted by Gasteiger charge is 2.34. The molecule has 1 aliphatic carbocycles. The van der Waals surface area contributed by atoms with Crippen molar-refractivity contribution in [3.63, 3.8) is 0 Å². The fourth-order valence-corrected chi connectivity index (χ4v) is 3.77. The van der Waals surface area contributed by atoms with E-state index in [1.54, 1.807) is 12.1 Å². The molecule has 1 nitrogen and oxygen atoms in total. The van der Waals surface area contributed by atoms with Crippen LogP contribution in [0.3, 0.4) is 0 Å². The fourth-order valence-electron chi connectivity index (χ4n) is 2.39. The minimum absolute atomic E-state index is 0.136. The quantitative estimate of drug-likeness (QED) is 0.880. The zero-order valence-corrected chi connectivity index (χ0v) is 11.5. The van der Waals surface area contributed by atoms with E-state index in [2.05, 4.69) is 0 Å². The summed E-state index contributed by atoms with van der Waals surface area (Å²) in [7, 11) is 0. The van der Waals surface area contributed by atoms with E-state index in [1.165, 1.54) is 24.2 Å². The average molecular weight is 289 g/mol. The first kappa shape index (κ1) is 14.7. The Morgan fingerprint density at radius 3 is 2.42 bits per heavy atom. The van der Waals surface area contributed by atoms with Gasteiger partial charge in [-0.25, -0.2) is 0 Å². The molecule has 0 aliphatic heterocycles. The molecule has 1 saturated carbocycles. The zero-order chi connectivity index (χ0) is 13.9. The predicted octanol–water partition coefficient (Wildman–Crippen LogP) is 4.59. The lowest BCUT2D eigenvalue weighted by atomic mass is 10.0. The van der Waals surface area contributed by atoms with E-state index in [4.69, 9.17) is 5.73 Å². The summed E-state index contributed by atoms with van der Waals surface area (Å²) >= 11 is 1.38. The molecule has 2 rings (SSSR count). The maximum atomic E-state index is 13.1. The van der Waals surface area contributed by atoms with E-state index < -0.39 is 11.7 Å². The molecule has 0 unspecified atom stereocenters. The zero-order valence-electron chi connectivity index (χ0n) is 10.7. The Labute approximate surface area is 115 Å². The topological polar surface area (TPSA) is 26.0 Å². The van der Waals surface area contributed by atoms with Gasteiger partial charge in [0, 0.05) is 16.7 Å². The number of alkyl halides is 3. The maximum Gasteiger partial charge on any atom is 0.417 e. The molecule has 0 bridgehead atoms. The summed E-state index contributed by atoms with van der Waals surface area (Å²) in [5.41, 5.74) is 5.41. The molecule has 5 heteroatoms. The molecule has 1 aromatic rings. The van der Waals surface area contributed by atoms with Gasteiger partial charge in [0.2, 0.25) is 0 Å². The first-order chi connectivity index (χ1) is 9.00. The van der Waals surface area contributed by atoms with Gasteiger partial charge in [0.1, 0.15) is 0 Å². The second-order valence-corrected chi connectivity index (χ2v) is 6.25. The Morgan fingerprint density at radius 1 is 1.16 bits per heavy atom. The summed E-state index contributed by atoms with van der Waals surface area (Å²) in [4.78, 5) is 0.344. The number of hydrogen-bond acceptors (Lipinski definition) is 2. The smallest absolute Gasteiger partial charge is 0.326 e. The number of rotatable bonds is 3. The van der Waals surface area contributed by atoms with Crippen molar-refractivity contribution in [2.45, 2.75) is 55.0 Å². The summed E-state index contributed by atoms with van der Waals surface area (Å²) in [6.45, 7) is 0.136. The highest BCUT2D eigenvalue weighted by molar-refractivity contribution is 8.00. The summed E-state index contributed by atoms with van der Waals surface area (Å²) < 4.78 is 39.2. The van der Waals surface area contributed by atoms with Crippen molar-refractivity contribution in [2.24, 2.45) is 5.73 Å². The van der Waals surface area contributed by atoms with Gasteiger partial charge in [-0.05, 0) is 30.5 Å². The highest BCUT2D eigenvalue weighted by Crippen LogP contribution is 2.41. The van der Waals surface area contributed by atoms with Gasteiger partial charge >= 0.3 is 6.18 Å². The van der Waals surface area contributed by atoms with E-state index in [0.29, 0.717) is 15.7 Å². The third kappa shape index (κ3) is 3.89. The van der Waals surface area contributed by atoms with E-state index in [9.17, 15) is 13.2 Å². The van der Waals surface area contributed by atoms with Crippen molar-refractivity contribution < 1.29 is 13.2 Å². The molecular formula is C14H18F3NS. The molecule has 0 heterocycles. The van der Waals surface area contributed by atoms with Crippen LogP contribution in [0.25, 0.3) is 0 Å². The maximum absolute atomic E-state index is 13.1. The Bertz CT molecular complexity index is 425. The number of halogens is 3. The Balaban J connectivity index is 2.23. The van der Waals surface area contributed by atoms with Crippen LogP contribution in [0, 0.1) is 0 Å². The predicted molar refractivity (Wildman–Crippen MR) is 72.1 cm³/mol. The molecule has 106 valence electrons. The Hall–Kier alpha value is -0.680. The normalized spacial score (nSPS) is 17.7. The molecule has 1 aliphatic rings. The molecule has 2 N–H and O–H groups in total. The third-order valence-electron chi connectivity index (χ3n) is 3.43. The summed E-state index contributed by atoms with van der Waals surface area (Å²) in [6.07, 6.45) is 1.18. The lowest BCUT2D eigenvalue weighted by Crippen LogP contribution is -2.12. The van der Waals surface area contributed by atoms with Gasteiger partial charge in [0.25, 0.3) is 0 Å². The second-order valence-electron chi connectivity index (χ2n) is 4.91.